The Morgan fingerprint density at radius 2 is 1.82 bits per heavy atom. The van der Waals surface area contributed by atoms with Crippen molar-refractivity contribution >= 4 is 21.6 Å². The van der Waals surface area contributed by atoms with Crippen molar-refractivity contribution < 1.29 is 13.2 Å². The van der Waals surface area contributed by atoms with Crippen LogP contribution < -0.4 is 10.0 Å². The third kappa shape index (κ3) is 4.27. The van der Waals surface area contributed by atoms with Gasteiger partial charge in [0.25, 0.3) is 0 Å². The summed E-state index contributed by atoms with van der Waals surface area (Å²) in [4.78, 5) is 14.1. The van der Waals surface area contributed by atoms with Gasteiger partial charge in [-0.1, -0.05) is 30.3 Å². The molecule has 1 saturated heterocycles. The van der Waals surface area contributed by atoms with E-state index in [0.29, 0.717) is 12.2 Å². The van der Waals surface area contributed by atoms with Gasteiger partial charge in [0.05, 0.1) is 11.3 Å². The van der Waals surface area contributed by atoms with Gasteiger partial charge in [0.2, 0.25) is 15.9 Å². The molecule has 28 heavy (non-hydrogen) atoms. The lowest BCUT2D eigenvalue weighted by Gasteiger charge is -2.28. The molecule has 1 atom stereocenters. The molecule has 0 radical (unpaired) electrons. The molecule has 2 aliphatic rings. The van der Waals surface area contributed by atoms with Crippen molar-refractivity contribution in [3.63, 3.8) is 0 Å². The maximum absolute atomic E-state index is 12.9. The van der Waals surface area contributed by atoms with Gasteiger partial charge in [0.15, 0.2) is 0 Å². The van der Waals surface area contributed by atoms with E-state index in [2.05, 4.69) is 27.1 Å². The number of nitrogens with one attached hydrogen (secondary N) is 2. The van der Waals surface area contributed by atoms with Crippen molar-refractivity contribution in [1.29, 1.82) is 0 Å². The fourth-order valence-corrected chi connectivity index (χ4v) is 5.11. The van der Waals surface area contributed by atoms with E-state index in [0.717, 1.165) is 37.9 Å². The third-order valence-corrected chi connectivity index (χ3v) is 6.91. The molecule has 0 bridgehead atoms. The molecule has 2 heterocycles. The number of benzene rings is 2. The number of hydrogen-bond acceptors (Lipinski definition) is 4. The average Bonchev–Trinajstić information content (AvgIpc) is 3.34. The number of anilines is 1. The number of likely N-dealkylation sites (tertiary alicyclic amines) is 1. The number of carbonyl (C=O) groups is 1. The minimum atomic E-state index is -3.63. The normalized spacial score (nSPS) is 18.1. The molecule has 0 spiro atoms. The smallest absolute Gasteiger partial charge is 0.240 e. The molecular weight excluding hydrogens is 374 g/mol. The van der Waals surface area contributed by atoms with Gasteiger partial charge in [-0.25, -0.2) is 13.1 Å². The van der Waals surface area contributed by atoms with Crippen molar-refractivity contribution in [2.75, 3.05) is 25.0 Å². The Morgan fingerprint density at radius 3 is 2.57 bits per heavy atom. The molecule has 1 amide bonds. The summed E-state index contributed by atoms with van der Waals surface area (Å²) in [5.74, 6) is -0.102. The Morgan fingerprint density at radius 1 is 1.07 bits per heavy atom. The number of carbonyl (C=O) groups excluding carboxylic acids is 1. The van der Waals surface area contributed by atoms with E-state index in [9.17, 15) is 13.2 Å². The maximum atomic E-state index is 12.9. The van der Waals surface area contributed by atoms with E-state index in [-0.39, 0.29) is 23.3 Å². The van der Waals surface area contributed by atoms with Crippen LogP contribution in [0.5, 0.6) is 0 Å². The lowest BCUT2D eigenvalue weighted by Crippen LogP contribution is -2.43. The second kappa shape index (κ2) is 8.03. The van der Waals surface area contributed by atoms with Crippen LogP contribution in [-0.4, -0.2) is 44.9 Å². The summed E-state index contributed by atoms with van der Waals surface area (Å²) in [6.45, 7) is 2.38. The Balaban J connectivity index is 1.48. The first kappa shape index (κ1) is 19.1. The average molecular weight is 400 g/mol. The number of sulfonamides is 1. The zero-order valence-electron chi connectivity index (χ0n) is 15.7. The molecule has 148 valence electrons. The van der Waals surface area contributed by atoms with Crippen LogP contribution in [0.25, 0.3) is 0 Å². The van der Waals surface area contributed by atoms with Crippen LogP contribution in [0.2, 0.25) is 0 Å². The fraction of sp³-hybridized carbons (Fsp3) is 0.381. The van der Waals surface area contributed by atoms with E-state index in [4.69, 9.17) is 0 Å². The van der Waals surface area contributed by atoms with Gasteiger partial charge >= 0.3 is 0 Å². The molecule has 0 aromatic heterocycles. The van der Waals surface area contributed by atoms with Crippen molar-refractivity contribution in [2.45, 2.75) is 36.6 Å². The molecule has 1 fully saturated rings. The van der Waals surface area contributed by atoms with Crippen LogP contribution in [0.15, 0.2) is 53.4 Å². The minimum Gasteiger partial charge on any atom is -0.326 e. The van der Waals surface area contributed by atoms with Gasteiger partial charge in [0.1, 0.15) is 0 Å². The maximum Gasteiger partial charge on any atom is 0.240 e. The van der Waals surface area contributed by atoms with Crippen LogP contribution in [0, 0.1) is 0 Å². The predicted octanol–water partition coefficient (Wildman–Crippen LogP) is 2.17. The van der Waals surface area contributed by atoms with Gasteiger partial charge in [-0.05, 0) is 61.7 Å². The first-order valence-corrected chi connectivity index (χ1v) is 11.2. The second-order valence-electron chi connectivity index (χ2n) is 7.48. The Hall–Kier alpha value is -2.22. The predicted molar refractivity (Wildman–Crippen MR) is 109 cm³/mol. The Labute approximate surface area is 166 Å². The number of hydrogen-bond donors (Lipinski definition) is 2. The summed E-state index contributed by atoms with van der Waals surface area (Å²) in [5.41, 5.74) is 2.64. The largest absolute Gasteiger partial charge is 0.326 e. The summed E-state index contributed by atoms with van der Waals surface area (Å²) in [6, 6.07) is 15.1. The van der Waals surface area contributed by atoms with E-state index in [1.54, 1.807) is 18.2 Å². The molecule has 2 aliphatic heterocycles. The summed E-state index contributed by atoms with van der Waals surface area (Å²) in [6.07, 6.45) is 3.35. The number of rotatable bonds is 7. The highest BCUT2D eigenvalue weighted by molar-refractivity contribution is 7.89. The van der Waals surface area contributed by atoms with Crippen LogP contribution in [0.1, 0.15) is 24.0 Å². The van der Waals surface area contributed by atoms with Crippen LogP contribution >= 0.6 is 0 Å². The van der Waals surface area contributed by atoms with Crippen molar-refractivity contribution in [1.82, 2.24) is 9.62 Å². The molecule has 0 saturated carbocycles. The third-order valence-electron chi connectivity index (χ3n) is 5.49. The Kier molecular flexibility index (Phi) is 5.48. The quantitative estimate of drug-likeness (QED) is 0.748. The van der Waals surface area contributed by atoms with Gasteiger partial charge in [-0.15, -0.1) is 0 Å². The monoisotopic (exact) mass is 399 g/mol. The lowest BCUT2D eigenvalue weighted by molar-refractivity contribution is -0.115. The molecule has 2 N–H and O–H groups in total. The Bertz CT molecular complexity index is 954. The standard InChI is InChI=1S/C21H25N3O3S/c25-21-14-17-13-19(8-9-20(17)23-21)28(26,27)22-15-18(24-10-4-5-11-24)12-16-6-2-1-3-7-16/h1-3,6-9,13,18,22H,4-5,10-12,14-15H2,(H,23,25). The highest BCUT2D eigenvalue weighted by atomic mass is 32.2. The molecular formula is C21H25N3O3S. The fourth-order valence-electron chi connectivity index (χ4n) is 3.99. The highest BCUT2D eigenvalue weighted by Crippen LogP contribution is 2.26. The number of fused-ring (bicyclic) bond motifs is 1. The topological polar surface area (TPSA) is 78.5 Å². The molecule has 6 nitrogen and oxygen atoms in total. The SMILES string of the molecule is O=C1Cc2cc(S(=O)(=O)NCC(Cc3ccccc3)N3CCCC3)ccc2N1. The molecule has 2 aromatic carbocycles. The van der Waals surface area contributed by atoms with E-state index >= 15 is 0 Å². The van der Waals surface area contributed by atoms with Gasteiger partial charge in [-0.3, -0.25) is 9.69 Å². The van der Waals surface area contributed by atoms with Crippen LogP contribution in [0.4, 0.5) is 5.69 Å². The summed E-state index contributed by atoms with van der Waals surface area (Å²) < 4.78 is 28.5. The zero-order chi connectivity index (χ0) is 19.6. The van der Waals surface area contributed by atoms with E-state index in [1.807, 2.05) is 18.2 Å². The van der Waals surface area contributed by atoms with Crippen LogP contribution in [0.3, 0.4) is 0 Å². The van der Waals surface area contributed by atoms with E-state index < -0.39 is 10.0 Å². The first-order chi connectivity index (χ1) is 13.5. The van der Waals surface area contributed by atoms with Gasteiger partial charge in [0, 0.05) is 18.3 Å². The van der Waals surface area contributed by atoms with Crippen LogP contribution in [-0.2, 0) is 27.7 Å². The van der Waals surface area contributed by atoms with Crippen molar-refractivity contribution in [2.24, 2.45) is 0 Å². The zero-order valence-corrected chi connectivity index (χ0v) is 16.5. The molecule has 7 heteroatoms. The van der Waals surface area contributed by atoms with Gasteiger partial charge in [-0.2, -0.15) is 0 Å². The van der Waals surface area contributed by atoms with E-state index in [1.165, 1.54) is 5.56 Å². The molecule has 1 unspecified atom stereocenters. The summed E-state index contributed by atoms with van der Waals surface area (Å²) in [7, 11) is -3.63. The molecule has 2 aromatic rings. The number of amides is 1. The molecule has 0 aliphatic carbocycles. The van der Waals surface area contributed by atoms with Gasteiger partial charge < -0.3 is 5.32 Å². The second-order valence-corrected chi connectivity index (χ2v) is 9.25. The summed E-state index contributed by atoms with van der Waals surface area (Å²) >= 11 is 0. The minimum absolute atomic E-state index is 0.102. The number of nitrogens with zero attached hydrogens (tertiary/aromatic N) is 1. The van der Waals surface area contributed by atoms with Crippen molar-refractivity contribution in [3.05, 3.63) is 59.7 Å². The first-order valence-electron chi connectivity index (χ1n) is 9.72. The summed E-state index contributed by atoms with van der Waals surface area (Å²) in [5, 5.41) is 2.73. The highest BCUT2D eigenvalue weighted by Gasteiger charge is 2.26. The van der Waals surface area contributed by atoms with Crippen molar-refractivity contribution in [3.8, 4) is 0 Å². The lowest BCUT2D eigenvalue weighted by atomic mass is 10.1. The molecule has 4 rings (SSSR count).